The molecule has 0 aromatic rings. The van der Waals surface area contributed by atoms with Gasteiger partial charge in [0.25, 0.3) is 0 Å². The Labute approximate surface area is 111 Å². The first-order valence-electron chi connectivity index (χ1n) is 7.73. The number of hydrogen-bond donors (Lipinski definition) is 1. The fourth-order valence-corrected chi connectivity index (χ4v) is 3.55. The zero-order valence-electron chi connectivity index (χ0n) is 11.6. The van der Waals surface area contributed by atoms with Crippen LogP contribution < -0.4 is 0 Å². The van der Waals surface area contributed by atoms with Crippen LogP contribution in [0.25, 0.3) is 0 Å². The number of carbonyl (C=O) groups excluding carboxylic acids is 1. The molecule has 2 heterocycles. The summed E-state index contributed by atoms with van der Waals surface area (Å²) in [6.07, 6.45) is 10.4. The third-order valence-corrected chi connectivity index (χ3v) is 4.53. The van der Waals surface area contributed by atoms with E-state index in [0.717, 1.165) is 32.1 Å². The van der Waals surface area contributed by atoms with Crippen LogP contribution in [0.15, 0.2) is 0 Å². The summed E-state index contributed by atoms with van der Waals surface area (Å²) >= 11 is 0. The highest BCUT2D eigenvalue weighted by atomic mass is 16.3. The lowest BCUT2D eigenvalue weighted by Crippen LogP contribution is -2.42. The fraction of sp³-hybridized carbons (Fsp3) is 0.933. The van der Waals surface area contributed by atoms with E-state index in [4.69, 9.17) is 0 Å². The third kappa shape index (κ3) is 3.05. The highest BCUT2D eigenvalue weighted by molar-refractivity contribution is 5.77. The summed E-state index contributed by atoms with van der Waals surface area (Å²) in [5.74, 6) is 0.287. The van der Waals surface area contributed by atoms with Gasteiger partial charge in [-0.2, -0.15) is 0 Å². The number of hydrogen-bond acceptors (Lipinski definition) is 2. The van der Waals surface area contributed by atoms with E-state index < -0.39 is 0 Å². The molecule has 0 bridgehead atoms. The van der Waals surface area contributed by atoms with E-state index >= 15 is 0 Å². The zero-order chi connectivity index (χ0) is 13.0. The second-order valence-electron chi connectivity index (χ2n) is 5.92. The van der Waals surface area contributed by atoms with Crippen LogP contribution in [0.1, 0.15) is 71.1 Å². The molecule has 3 atom stereocenters. The SMILES string of the molecule is CCCCCC[C@H]1C[C@H](O)[C@@H]2CCCCC(=O)N12. The van der Waals surface area contributed by atoms with Gasteiger partial charge in [0.05, 0.1) is 12.1 Å². The molecule has 1 N–H and O–H groups in total. The van der Waals surface area contributed by atoms with Gasteiger partial charge < -0.3 is 10.0 Å². The number of fused-ring (bicyclic) bond motifs is 1. The molecule has 0 spiro atoms. The first kappa shape index (κ1) is 13.9. The van der Waals surface area contributed by atoms with Crippen molar-refractivity contribution in [1.29, 1.82) is 0 Å². The average molecular weight is 253 g/mol. The summed E-state index contributed by atoms with van der Waals surface area (Å²) in [5, 5.41) is 10.1. The standard InChI is InChI=1S/C15H27NO2/c1-2-3-4-5-8-12-11-14(17)13-9-6-7-10-15(18)16(12)13/h12-14,17H,2-11H2,1H3/t12-,13-,14-/m0/s1. The molecule has 0 unspecified atom stereocenters. The molecule has 3 nitrogen and oxygen atoms in total. The van der Waals surface area contributed by atoms with E-state index in [1.54, 1.807) is 0 Å². The minimum absolute atomic E-state index is 0.121. The van der Waals surface area contributed by atoms with Gasteiger partial charge in [-0.15, -0.1) is 0 Å². The molecule has 3 heteroatoms. The van der Waals surface area contributed by atoms with Crippen molar-refractivity contribution >= 4 is 5.91 Å². The molecule has 2 aliphatic rings. The smallest absolute Gasteiger partial charge is 0.223 e. The van der Waals surface area contributed by atoms with Gasteiger partial charge in [0.1, 0.15) is 0 Å². The number of unbranched alkanes of at least 4 members (excludes halogenated alkanes) is 3. The van der Waals surface area contributed by atoms with E-state index in [9.17, 15) is 9.90 Å². The predicted octanol–water partition coefficient (Wildman–Crippen LogP) is 2.86. The molecule has 2 fully saturated rings. The summed E-state index contributed by atoms with van der Waals surface area (Å²) in [7, 11) is 0. The molecular formula is C15H27NO2. The van der Waals surface area contributed by atoms with E-state index in [1.807, 2.05) is 4.90 Å². The van der Waals surface area contributed by atoms with Crippen molar-refractivity contribution in [2.75, 3.05) is 0 Å². The van der Waals surface area contributed by atoms with E-state index in [-0.39, 0.29) is 18.1 Å². The fourth-order valence-electron chi connectivity index (χ4n) is 3.55. The summed E-state index contributed by atoms with van der Waals surface area (Å²) in [4.78, 5) is 14.2. The van der Waals surface area contributed by atoms with Gasteiger partial charge in [-0.25, -0.2) is 0 Å². The molecule has 2 rings (SSSR count). The van der Waals surface area contributed by atoms with Crippen LogP contribution in [0.2, 0.25) is 0 Å². The van der Waals surface area contributed by atoms with Crippen molar-refractivity contribution in [3.05, 3.63) is 0 Å². The van der Waals surface area contributed by atoms with Crippen molar-refractivity contribution in [1.82, 2.24) is 4.90 Å². The van der Waals surface area contributed by atoms with Crippen LogP contribution in [0.3, 0.4) is 0 Å². The maximum absolute atomic E-state index is 12.2. The molecule has 0 aromatic heterocycles. The Morgan fingerprint density at radius 3 is 2.89 bits per heavy atom. The maximum Gasteiger partial charge on any atom is 0.223 e. The molecular weight excluding hydrogens is 226 g/mol. The minimum atomic E-state index is -0.275. The first-order chi connectivity index (χ1) is 8.74. The van der Waals surface area contributed by atoms with Crippen LogP contribution in [0.4, 0.5) is 0 Å². The van der Waals surface area contributed by atoms with E-state index in [1.165, 1.54) is 25.7 Å². The molecule has 104 valence electrons. The number of carbonyl (C=O) groups is 1. The van der Waals surface area contributed by atoms with Gasteiger partial charge in [0, 0.05) is 12.5 Å². The highest BCUT2D eigenvalue weighted by Gasteiger charge is 2.42. The number of rotatable bonds is 5. The van der Waals surface area contributed by atoms with Crippen LogP contribution in [-0.4, -0.2) is 34.1 Å². The number of aliphatic hydroxyl groups excluding tert-OH is 1. The molecule has 2 aliphatic heterocycles. The predicted molar refractivity (Wildman–Crippen MR) is 72.3 cm³/mol. The van der Waals surface area contributed by atoms with Crippen LogP contribution in [-0.2, 0) is 4.79 Å². The van der Waals surface area contributed by atoms with E-state index in [0.29, 0.717) is 12.5 Å². The monoisotopic (exact) mass is 253 g/mol. The quantitative estimate of drug-likeness (QED) is 0.765. The summed E-state index contributed by atoms with van der Waals surface area (Å²) < 4.78 is 0. The van der Waals surface area contributed by atoms with Crippen molar-refractivity contribution in [3.63, 3.8) is 0 Å². The second-order valence-corrected chi connectivity index (χ2v) is 5.92. The van der Waals surface area contributed by atoms with Crippen molar-refractivity contribution in [2.45, 2.75) is 89.3 Å². The summed E-state index contributed by atoms with van der Waals surface area (Å²) in [6.45, 7) is 2.22. The van der Waals surface area contributed by atoms with Crippen molar-refractivity contribution in [2.24, 2.45) is 0 Å². The van der Waals surface area contributed by atoms with Crippen molar-refractivity contribution < 1.29 is 9.90 Å². The third-order valence-electron chi connectivity index (χ3n) is 4.53. The highest BCUT2D eigenvalue weighted by Crippen LogP contribution is 2.34. The molecule has 2 saturated heterocycles. The lowest BCUT2D eigenvalue weighted by Gasteiger charge is -2.29. The zero-order valence-corrected chi connectivity index (χ0v) is 11.6. The van der Waals surface area contributed by atoms with E-state index in [2.05, 4.69) is 6.92 Å². The lowest BCUT2D eigenvalue weighted by molar-refractivity contribution is -0.134. The molecule has 18 heavy (non-hydrogen) atoms. The molecule has 0 aromatic carbocycles. The van der Waals surface area contributed by atoms with Crippen LogP contribution in [0.5, 0.6) is 0 Å². The Hall–Kier alpha value is -0.570. The first-order valence-corrected chi connectivity index (χ1v) is 7.73. The Morgan fingerprint density at radius 2 is 2.11 bits per heavy atom. The second kappa shape index (κ2) is 6.55. The molecule has 0 radical (unpaired) electrons. The number of aliphatic hydroxyl groups is 1. The van der Waals surface area contributed by atoms with Gasteiger partial charge in [-0.05, 0) is 25.7 Å². The average Bonchev–Trinajstić information content (AvgIpc) is 2.54. The normalized spacial score (nSPS) is 32.4. The minimum Gasteiger partial charge on any atom is -0.391 e. The Morgan fingerprint density at radius 1 is 1.28 bits per heavy atom. The van der Waals surface area contributed by atoms with Gasteiger partial charge >= 0.3 is 0 Å². The maximum atomic E-state index is 12.2. The number of amides is 1. The molecule has 1 amide bonds. The number of nitrogens with zero attached hydrogens (tertiary/aromatic N) is 1. The Bertz CT molecular complexity index is 280. The van der Waals surface area contributed by atoms with Gasteiger partial charge in [0.2, 0.25) is 5.91 Å². The lowest BCUT2D eigenvalue weighted by atomic mass is 10.0. The molecule has 0 aliphatic carbocycles. The Balaban J connectivity index is 1.91. The molecule has 0 saturated carbocycles. The largest absolute Gasteiger partial charge is 0.391 e. The van der Waals surface area contributed by atoms with Crippen LogP contribution in [0, 0.1) is 0 Å². The van der Waals surface area contributed by atoms with Gasteiger partial charge in [-0.1, -0.05) is 39.0 Å². The summed E-state index contributed by atoms with van der Waals surface area (Å²) in [5.41, 5.74) is 0. The van der Waals surface area contributed by atoms with Crippen molar-refractivity contribution in [3.8, 4) is 0 Å². The topological polar surface area (TPSA) is 40.5 Å². The van der Waals surface area contributed by atoms with Crippen LogP contribution >= 0.6 is 0 Å². The summed E-state index contributed by atoms with van der Waals surface area (Å²) in [6, 6.07) is 0.434. The van der Waals surface area contributed by atoms with Gasteiger partial charge in [-0.3, -0.25) is 4.79 Å². The Kier molecular flexibility index (Phi) is 5.04. The van der Waals surface area contributed by atoms with Gasteiger partial charge in [0.15, 0.2) is 0 Å².